The Morgan fingerprint density at radius 1 is 1.38 bits per heavy atom. The van der Waals surface area contributed by atoms with Crippen LogP contribution in [0.4, 0.5) is 11.5 Å². The molecule has 1 N–H and O–H groups in total. The van der Waals surface area contributed by atoms with Crippen LogP contribution < -0.4 is 5.32 Å². The SMILES string of the molecule is CCOC(=O)Cc1csc2ncc(Nc3ccccc3)n12. The van der Waals surface area contributed by atoms with Gasteiger partial charge >= 0.3 is 5.97 Å². The Hall–Kier alpha value is -2.34. The van der Waals surface area contributed by atoms with Crippen molar-refractivity contribution in [3.8, 4) is 0 Å². The van der Waals surface area contributed by atoms with Crippen molar-refractivity contribution in [2.45, 2.75) is 13.3 Å². The normalized spacial score (nSPS) is 10.7. The van der Waals surface area contributed by atoms with Crippen LogP contribution in [0.15, 0.2) is 41.9 Å². The fourth-order valence-corrected chi connectivity index (χ4v) is 2.97. The smallest absolute Gasteiger partial charge is 0.311 e. The average molecular weight is 301 g/mol. The number of fused-ring (bicyclic) bond motifs is 1. The van der Waals surface area contributed by atoms with Crippen LogP contribution in [0.1, 0.15) is 12.6 Å². The van der Waals surface area contributed by atoms with Crippen molar-refractivity contribution >= 4 is 33.8 Å². The van der Waals surface area contributed by atoms with Crippen LogP contribution in [0.25, 0.3) is 4.96 Å². The number of nitrogens with one attached hydrogen (secondary N) is 1. The Kier molecular flexibility index (Phi) is 3.87. The summed E-state index contributed by atoms with van der Waals surface area (Å²) >= 11 is 1.51. The van der Waals surface area contributed by atoms with Crippen molar-refractivity contribution in [1.82, 2.24) is 9.38 Å². The average Bonchev–Trinajstić information content (AvgIpc) is 3.05. The quantitative estimate of drug-likeness (QED) is 0.735. The lowest BCUT2D eigenvalue weighted by Crippen LogP contribution is -2.09. The van der Waals surface area contributed by atoms with Crippen molar-refractivity contribution < 1.29 is 9.53 Å². The number of rotatable bonds is 5. The number of carbonyl (C=O) groups excluding carboxylic acids is 1. The molecule has 0 aliphatic carbocycles. The first-order chi connectivity index (χ1) is 10.3. The maximum atomic E-state index is 11.7. The molecule has 0 unspecified atom stereocenters. The van der Waals surface area contributed by atoms with Crippen molar-refractivity contribution in [2.75, 3.05) is 11.9 Å². The van der Waals surface area contributed by atoms with Gasteiger partial charge in [0.25, 0.3) is 0 Å². The van der Waals surface area contributed by atoms with E-state index in [2.05, 4.69) is 10.3 Å². The highest BCUT2D eigenvalue weighted by Gasteiger charge is 2.13. The van der Waals surface area contributed by atoms with E-state index < -0.39 is 0 Å². The molecule has 0 bridgehead atoms. The van der Waals surface area contributed by atoms with Gasteiger partial charge in [-0.15, -0.1) is 11.3 Å². The van der Waals surface area contributed by atoms with E-state index in [0.29, 0.717) is 6.61 Å². The second-order valence-electron chi connectivity index (χ2n) is 4.46. The van der Waals surface area contributed by atoms with Crippen molar-refractivity contribution in [3.05, 3.63) is 47.6 Å². The molecule has 2 aromatic heterocycles. The first kappa shape index (κ1) is 13.6. The van der Waals surface area contributed by atoms with E-state index in [1.54, 1.807) is 13.1 Å². The van der Waals surface area contributed by atoms with Crippen LogP contribution in [-0.4, -0.2) is 22.0 Å². The van der Waals surface area contributed by atoms with Gasteiger partial charge in [-0.25, -0.2) is 4.98 Å². The first-order valence-electron chi connectivity index (χ1n) is 6.69. The highest BCUT2D eigenvalue weighted by atomic mass is 32.1. The number of hydrogen-bond acceptors (Lipinski definition) is 5. The molecule has 3 aromatic rings. The van der Waals surface area contributed by atoms with Crippen LogP contribution in [0.5, 0.6) is 0 Å². The molecule has 0 fully saturated rings. The van der Waals surface area contributed by atoms with Crippen LogP contribution >= 0.6 is 11.3 Å². The number of anilines is 2. The third kappa shape index (κ3) is 2.90. The Labute approximate surface area is 126 Å². The predicted octanol–water partition coefficient (Wildman–Crippen LogP) is 3.25. The molecule has 0 aliphatic heterocycles. The zero-order chi connectivity index (χ0) is 14.7. The highest BCUT2D eigenvalue weighted by Crippen LogP contribution is 2.24. The van der Waals surface area contributed by atoms with Gasteiger partial charge in [-0.05, 0) is 19.1 Å². The fraction of sp³-hybridized carbons (Fsp3) is 0.200. The molecule has 2 heterocycles. The van der Waals surface area contributed by atoms with E-state index >= 15 is 0 Å². The van der Waals surface area contributed by atoms with Gasteiger partial charge in [-0.3, -0.25) is 9.20 Å². The molecule has 5 nitrogen and oxygen atoms in total. The summed E-state index contributed by atoms with van der Waals surface area (Å²) in [5.74, 6) is 0.619. The largest absolute Gasteiger partial charge is 0.466 e. The van der Waals surface area contributed by atoms with E-state index in [1.807, 2.05) is 40.1 Å². The van der Waals surface area contributed by atoms with Crippen LogP contribution in [-0.2, 0) is 16.0 Å². The third-order valence-corrected chi connectivity index (χ3v) is 3.88. The van der Waals surface area contributed by atoms with Gasteiger partial charge in [-0.2, -0.15) is 0 Å². The maximum Gasteiger partial charge on any atom is 0.311 e. The van der Waals surface area contributed by atoms with Gasteiger partial charge < -0.3 is 10.1 Å². The number of aromatic nitrogens is 2. The first-order valence-corrected chi connectivity index (χ1v) is 7.57. The molecule has 0 spiro atoms. The number of imidazole rings is 1. The minimum atomic E-state index is -0.225. The molecule has 0 saturated carbocycles. The lowest BCUT2D eigenvalue weighted by atomic mass is 10.3. The molecule has 1 aromatic carbocycles. The minimum absolute atomic E-state index is 0.225. The van der Waals surface area contributed by atoms with E-state index in [0.717, 1.165) is 22.2 Å². The molecule has 0 atom stereocenters. The maximum absolute atomic E-state index is 11.7. The summed E-state index contributed by atoms with van der Waals surface area (Å²) in [5.41, 5.74) is 1.86. The van der Waals surface area contributed by atoms with E-state index in [4.69, 9.17) is 4.74 Å². The predicted molar refractivity (Wildman–Crippen MR) is 83.1 cm³/mol. The summed E-state index contributed by atoms with van der Waals surface area (Å²) in [6.07, 6.45) is 2.02. The van der Waals surface area contributed by atoms with Gasteiger partial charge in [0.2, 0.25) is 0 Å². The summed E-state index contributed by atoms with van der Waals surface area (Å²) < 4.78 is 6.96. The third-order valence-electron chi connectivity index (χ3n) is 2.99. The zero-order valence-corrected chi connectivity index (χ0v) is 12.4. The number of esters is 1. The molecular weight excluding hydrogens is 286 g/mol. The summed E-state index contributed by atoms with van der Waals surface area (Å²) in [4.78, 5) is 16.9. The van der Waals surface area contributed by atoms with Crippen molar-refractivity contribution in [3.63, 3.8) is 0 Å². The topological polar surface area (TPSA) is 55.6 Å². The van der Waals surface area contributed by atoms with Gasteiger partial charge in [0.15, 0.2) is 4.96 Å². The Balaban J connectivity index is 1.89. The number of nitrogens with zero attached hydrogens (tertiary/aromatic N) is 2. The minimum Gasteiger partial charge on any atom is -0.466 e. The second-order valence-corrected chi connectivity index (χ2v) is 5.30. The van der Waals surface area contributed by atoms with Gasteiger partial charge in [-0.1, -0.05) is 18.2 Å². The molecule has 0 radical (unpaired) electrons. The van der Waals surface area contributed by atoms with Gasteiger partial charge in [0.1, 0.15) is 5.82 Å². The highest BCUT2D eigenvalue weighted by molar-refractivity contribution is 7.15. The van der Waals surface area contributed by atoms with Crippen LogP contribution in [0, 0.1) is 0 Å². The van der Waals surface area contributed by atoms with Crippen LogP contribution in [0.2, 0.25) is 0 Å². The van der Waals surface area contributed by atoms with Crippen molar-refractivity contribution in [1.29, 1.82) is 0 Å². The number of benzene rings is 1. The standard InChI is InChI=1S/C15H15N3O2S/c1-2-20-14(19)8-12-10-21-15-16-9-13(18(12)15)17-11-6-4-3-5-7-11/h3-7,9-10,17H,2,8H2,1H3. The Morgan fingerprint density at radius 2 is 2.19 bits per heavy atom. The number of thiazole rings is 1. The molecular formula is C15H15N3O2S. The number of carbonyl (C=O) groups is 1. The van der Waals surface area contributed by atoms with E-state index in [9.17, 15) is 4.79 Å². The summed E-state index contributed by atoms with van der Waals surface area (Å²) in [6.45, 7) is 2.20. The molecule has 6 heteroatoms. The van der Waals surface area contributed by atoms with Gasteiger partial charge in [0, 0.05) is 16.8 Å². The molecule has 108 valence electrons. The molecule has 21 heavy (non-hydrogen) atoms. The number of para-hydroxylation sites is 1. The lowest BCUT2D eigenvalue weighted by molar-refractivity contribution is -0.142. The second kappa shape index (κ2) is 5.97. The Bertz CT molecular complexity index is 749. The summed E-state index contributed by atoms with van der Waals surface area (Å²) in [5, 5.41) is 5.25. The monoisotopic (exact) mass is 301 g/mol. The van der Waals surface area contributed by atoms with E-state index in [1.165, 1.54) is 11.3 Å². The van der Waals surface area contributed by atoms with Crippen LogP contribution in [0.3, 0.4) is 0 Å². The molecule has 0 amide bonds. The number of hydrogen-bond donors (Lipinski definition) is 1. The lowest BCUT2D eigenvalue weighted by Gasteiger charge is -2.07. The zero-order valence-electron chi connectivity index (χ0n) is 11.6. The summed E-state index contributed by atoms with van der Waals surface area (Å²) in [6, 6.07) is 9.86. The number of ether oxygens (including phenoxy) is 1. The molecule has 0 saturated heterocycles. The molecule has 3 rings (SSSR count). The van der Waals surface area contributed by atoms with Gasteiger partial charge in [0.05, 0.1) is 19.2 Å². The van der Waals surface area contributed by atoms with Crippen molar-refractivity contribution in [2.24, 2.45) is 0 Å². The molecule has 0 aliphatic rings. The fourth-order valence-electron chi connectivity index (χ4n) is 2.11. The summed E-state index contributed by atoms with van der Waals surface area (Å²) in [7, 11) is 0. The Morgan fingerprint density at radius 3 is 2.95 bits per heavy atom. The van der Waals surface area contributed by atoms with E-state index in [-0.39, 0.29) is 12.4 Å².